The molecule has 3 atom stereocenters. The summed E-state index contributed by atoms with van der Waals surface area (Å²) < 4.78 is 41.8. The maximum Gasteiger partial charge on any atom is 0.246 e. The van der Waals surface area contributed by atoms with Gasteiger partial charge in [0, 0.05) is 13.1 Å². The molecule has 0 amide bonds. The number of ether oxygens (including phenoxy) is 2. The van der Waals surface area contributed by atoms with E-state index in [-0.39, 0.29) is 19.3 Å². The highest BCUT2D eigenvalue weighted by Crippen LogP contribution is 2.27. The number of nitrogens with zero attached hydrogens (tertiary/aromatic N) is 3. The van der Waals surface area contributed by atoms with E-state index in [1.807, 2.05) is 0 Å². The largest absolute Gasteiger partial charge is 0.420 e. The summed E-state index contributed by atoms with van der Waals surface area (Å²) in [6, 6.07) is 0. The van der Waals surface area contributed by atoms with E-state index in [2.05, 4.69) is 17.1 Å². The third kappa shape index (κ3) is 4.33. The summed E-state index contributed by atoms with van der Waals surface area (Å²) in [6.07, 6.45) is 5.62. The molecule has 1 aliphatic carbocycles. The van der Waals surface area contributed by atoms with Crippen molar-refractivity contribution in [2.75, 3.05) is 26.0 Å². The Morgan fingerprint density at radius 3 is 2.83 bits per heavy atom. The zero-order chi connectivity index (χ0) is 17.2. The maximum atomic E-state index is 11.7. The van der Waals surface area contributed by atoms with E-state index in [1.165, 1.54) is 29.8 Å². The topological polar surface area (TPSA) is 94.8 Å². The van der Waals surface area contributed by atoms with Crippen LogP contribution in [-0.4, -0.2) is 55.0 Å². The highest BCUT2D eigenvalue weighted by molar-refractivity contribution is 7.88. The Morgan fingerprint density at radius 1 is 1.29 bits per heavy atom. The van der Waals surface area contributed by atoms with Crippen LogP contribution in [0.1, 0.15) is 50.5 Å². The van der Waals surface area contributed by atoms with Crippen LogP contribution in [0, 0.1) is 5.92 Å². The van der Waals surface area contributed by atoms with Gasteiger partial charge < -0.3 is 13.9 Å². The first-order chi connectivity index (χ1) is 11.4. The third-order valence-electron chi connectivity index (χ3n) is 4.71. The molecule has 1 aromatic heterocycles. The van der Waals surface area contributed by atoms with Crippen molar-refractivity contribution in [1.29, 1.82) is 0 Å². The molecule has 0 spiro atoms. The van der Waals surface area contributed by atoms with Gasteiger partial charge >= 0.3 is 0 Å². The number of sulfonamides is 1. The van der Waals surface area contributed by atoms with E-state index >= 15 is 0 Å². The van der Waals surface area contributed by atoms with Crippen LogP contribution in [0.3, 0.4) is 0 Å². The van der Waals surface area contributed by atoms with Crippen molar-refractivity contribution in [3.63, 3.8) is 0 Å². The lowest BCUT2D eigenvalue weighted by atomic mass is 9.88. The van der Waals surface area contributed by atoms with E-state index in [9.17, 15) is 8.42 Å². The fourth-order valence-electron chi connectivity index (χ4n) is 3.24. The summed E-state index contributed by atoms with van der Waals surface area (Å²) >= 11 is 0. The zero-order valence-corrected chi connectivity index (χ0v) is 15.0. The quantitative estimate of drug-likeness (QED) is 0.786. The van der Waals surface area contributed by atoms with Gasteiger partial charge in [-0.05, 0) is 18.8 Å². The molecule has 0 unspecified atom stereocenters. The molecular formula is C15H25N3O5S. The second kappa shape index (κ2) is 7.47. The fourth-order valence-corrected chi connectivity index (χ4v) is 4.05. The number of hydrogen-bond donors (Lipinski definition) is 0. The van der Waals surface area contributed by atoms with Gasteiger partial charge in [0.25, 0.3) is 0 Å². The Hall–Kier alpha value is -1.03. The number of rotatable bonds is 5. The van der Waals surface area contributed by atoms with Gasteiger partial charge in [-0.1, -0.05) is 19.8 Å². The van der Waals surface area contributed by atoms with Gasteiger partial charge in [-0.3, -0.25) is 0 Å². The highest BCUT2D eigenvalue weighted by atomic mass is 32.2. The number of aromatic nitrogens is 2. The molecule has 9 heteroatoms. The molecule has 2 fully saturated rings. The van der Waals surface area contributed by atoms with Crippen molar-refractivity contribution in [3.05, 3.63) is 11.8 Å². The summed E-state index contributed by atoms with van der Waals surface area (Å²) in [5, 5.41) is 7.99. The second-order valence-corrected chi connectivity index (χ2v) is 8.61. The van der Waals surface area contributed by atoms with Crippen molar-refractivity contribution in [2.24, 2.45) is 5.92 Å². The lowest BCUT2D eigenvalue weighted by Gasteiger charge is -2.29. The molecule has 1 aromatic rings. The molecule has 1 aliphatic heterocycles. The molecule has 136 valence electrons. The van der Waals surface area contributed by atoms with Crippen molar-refractivity contribution in [3.8, 4) is 0 Å². The van der Waals surface area contributed by atoms with Crippen LogP contribution in [0.15, 0.2) is 4.42 Å². The van der Waals surface area contributed by atoms with Crippen LogP contribution in [0.5, 0.6) is 0 Å². The Labute approximate surface area is 142 Å². The van der Waals surface area contributed by atoms with E-state index in [0.29, 0.717) is 30.9 Å². The van der Waals surface area contributed by atoms with Crippen LogP contribution in [0.2, 0.25) is 0 Å². The minimum atomic E-state index is -3.25. The maximum absolute atomic E-state index is 11.7. The van der Waals surface area contributed by atoms with E-state index in [4.69, 9.17) is 13.9 Å². The second-order valence-electron chi connectivity index (χ2n) is 6.63. The molecule has 0 aromatic carbocycles. The molecule has 2 heterocycles. The zero-order valence-electron chi connectivity index (χ0n) is 14.2. The SMILES string of the molecule is C[C@@H]1CCCC[C@H]1OCc1nnc([C@H]2CN(S(C)(=O)=O)CCO2)o1. The van der Waals surface area contributed by atoms with Gasteiger partial charge in [-0.2, -0.15) is 4.31 Å². The smallest absolute Gasteiger partial charge is 0.246 e. The first-order valence-corrected chi connectivity index (χ1v) is 10.3. The van der Waals surface area contributed by atoms with Crippen LogP contribution in [0.4, 0.5) is 0 Å². The monoisotopic (exact) mass is 359 g/mol. The van der Waals surface area contributed by atoms with Gasteiger partial charge in [0.2, 0.25) is 21.8 Å². The van der Waals surface area contributed by atoms with Crippen molar-refractivity contribution in [2.45, 2.75) is 51.4 Å². The lowest BCUT2D eigenvalue weighted by molar-refractivity contribution is -0.0311. The Balaban J connectivity index is 1.57. The normalized spacial score (nSPS) is 29.7. The van der Waals surface area contributed by atoms with Crippen LogP contribution in [-0.2, 0) is 26.1 Å². The van der Waals surface area contributed by atoms with Gasteiger partial charge in [-0.15, -0.1) is 10.2 Å². The van der Waals surface area contributed by atoms with Gasteiger partial charge in [0.15, 0.2) is 0 Å². The van der Waals surface area contributed by atoms with Crippen molar-refractivity contribution in [1.82, 2.24) is 14.5 Å². The van der Waals surface area contributed by atoms with E-state index < -0.39 is 16.1 Å². The summed E-state index contributed by atoms with van der Waals surface area (Å²) in [7, 11) is -3.25. The molecule has 24 heavy (non-hydrogen) atoms. The summed E-state index contributed by atoms with van der Waals surface area (Å²) in [5.41, 5.74) is 0. The summed E-state index contributed by atoms with van der Waals surface area (Å²) in [6.45, 7) is 3.34. The highest BCUT2D eigenvalue weighted by Gasteiger charge is 2.31. The average molecular weight is 359 g/mol. The minimum Gasteiger partial charge on any atom is -0.420 e. The lowest BCUT2D eigenvalue weighted by Crippen LogP contribution is -2.41. The molecule has 0 radical (unpaired) electrons. The summed E-state index contributed by atoms with van der Waals surface area (Å²) in [4.78, 5) is 0. The molecule has 0 N–H and O–H groups in total. The first kappa shape index (κ1) is 17.8. The van der Waals surface area contributed by atoms with Crippen LogP contribution < -0.4 is 0 Å². The molecular weight excluding hydrogens is 334 g/mol. The molecule has 8 nitrogen and oxygen atoms in total. The molecule has 1 saturated heterocycles. The minimum absolute atomic E-state index is 0.195. The van der Waals surface area contributed by atoms with Gasteiger partial charge in [-0.25, -0.2) is 8.42 Å². The molecule has 0 bridgehead atoms. The van der Waals surface area contributed by atoms with Gasteiger partial charge in [0.1, 0.15) is 12.7 Å². The van der Waals surface area contributed by atoms with E-state index in [1.54, 1.807) is 0 Å². The van der Waals surface area contributed by atoms with E-state index in [0.717, 1.165) is 6.42 Å². The third-order valence-corrected chi connectivity index (χ3v) is 5.98. The average Bonchev–Trinajstić information content (AvgIpc) is 3.02. The fraction of sp³-hybridized carbons (Fsp3) is 0.867. The van der Waals surface area contributed by atoms with Crippen LogP contribution in [0.25, 0.3) is 0 Å². The standard InChI is InChI=1S/C15H25N3O5S/c1-11-5-3-4-6-12(11)22-10-14-16-17-15(23-14)13-9-18(7-8-21-13)24(2,19)20/h11-13H,3-10H2,1-2H3/t11-,12-,13-/m1/s1. The summed E-state index contributed by atoms with van der Waals surface area (Å²) in [5.74, 6) is 1.26. The molecule has 3 rings (SSSR count). The number of hydrogen-bond acceptors (Lipinski definition) is 7. The Kier molecular flexibility index (Phi) is 5.53. The van der Waals surface area contributed by atoms with Crippen molar-refractivity contribution >= 4 is 10.0 Å². The number of morpholine rings is 1. The Bertz CT molecular complexity index is 647. The van der Waals surface area contributed by atoms with Crippen molar-refractivity contribution < 1.29 is 22.3 Å². The predicted octanol–water partition coefficient (Wildman–Crippen LogP) is 1.50. The van der Waals surface area contributed by atoms with Gasteiger partial charge in [0.05, 0.1) is 19.0 Å². The predicted molar refractivity (Wildman–Crippen MR) is 85.6 cm³/mol. The first-order valence-electron chi connectivity index (χ1n) is 8.44. The molecule has 1 saturated carbocycles. The Morgan fingerprint density at radius 2 is 2.08 bits per heavy atom. The molecule has 2 aliphatic rings. The van der Waals surface area contributed by atoms with Crippen LogP contribution >= 0.6 is 0 Å².